The first kappa shape index (κ1) is 21.5. The summed E-state index contributed by atoms with van der Waals surface area (Å²) in [5.74, 6) is 5.11. The van der Waals surface area contributed by atoms with E-state index in [1.807, 2.05) is 31.2 Å². The molecule has 2 N–H and O–H groups in total. The molecule has 0 saturated heterocycles. The van der Waals surface area contributed by atoms with E-state index in [4.69, 9.17) is 0 Å². The van der Waals surface area contributed by atoms with Gasteiger partial charge in [0.2, 0.25) is 10.0 Å². The zero-order valence-electron chi connectivity index (χ0n) is 16.8. The van der Waals surface area contributed by atoms with Crippen molar-refractivity contribution in [3.05, 3.63) is 65.2 Å². The molecule has 148 valence electrons. The smallest absolute Gasteiger partial charge is 0.296 e. The molecule has 2 aromatic rings. The summed E-state index contributed by atoms with van der Waals surface area (Å²) in [4.78, 5) is 12.1. The molecule has 0 heterocycles. The first-order valence-electron chi connectivity index (χ1n) is 8.95. The van der Waals surface area contributed by atoms with E-state index in [0.29, 0.717) is 5.69 Å². The van der Waals surface area contributed by atoms with Gasteiger partial charge in [0.25, 0.3) is 5.91 Å². The number of rotatable bonds is 4. The molecule has 1 amide bonds. The Hall–Kier alpha value is -2.78. The van der Waals surface area contributed by atoms with Crippen molar-refractivity contribution < 1.29 is 13.2 Å². The van der Waals surface area contributed by atoms with Gasteiger partial charge in [0, 0.05) is 17.2 Å². The molecule has 2 rings (SSSR count). The number of nitrogens with one attached hydrogen (secondary N) is 2. The third-order valence-electron chi connectivity index (χ3n) is 4.13. The molecule has 0 aliphatic rings. The van der Waals surface area contributed by atoms with E-state index in [9.17, 15) is 13.2 Å². The standard InChI is InChI=1S/C22H26N2O3S/c1-16(18-9-13-20(14-10-18)24-28(5,26)27)23-21(25)15-8-17-6-11-19(12-7-17)22(2,3)4/h6-7,9-14,16,24H,1-5H3,(H,23,25)/t16-/m1/s1. The molecule has 2 aromatic carbocycles. The monoisotopic (exact) mass is 398 g/mol. The van der Waals surface area contributed by atoms with E-state index in [1.165, 1.54) is 5.56 Å². The van der Waals surface area contributed by atoms with E-state index >= 15 is 0 Å². The molecule has 0 aliphatic heterocycles. The minimum atomic E-state index is -3.31. The number of sulfonamides is 1. The summed E-state index contributed by atoms with van der Waals surface area (Å²) in [6.45, 7) is 8.28. The molecular formula is C22H26N2O3S. The molecule has 0 unspecified atom stereocenters. The lowest BCUT2D eigenvalue weighted by molar-refractivity contribution is -0.116. The second kappa shape index (κ2) is 8.49. The quantitative estimate of drug-likeness (QED) is 0.773. The number of hydrogen-bond acceptors (Lipinski definition) is 3. The van der Waals surface area contributed by atoms with E-state index in [1.54, 1.807) is 24.3 Å². The largest absolute Gasteiger partial charge is 0.339 e. The van der Waals surface area contributed by atoms with Crippen LogP contribution in [0.15, 0.2) is 48.5 Å². The fourth-order valence-corrected chi connectivity index (χ4v) is 3.12. The van der Waals surface area contributed by atoms with Gasteiger partial charge in [-0.25, -0.2) is 8.42 Å². The number of carbonyl (C=O) groups is 1. The number of benzene rings is 2. The second-order valence-electron chi connectivity index (χ2n) is 7.77. The van der Waals surface area contributed by atoms with Crippen molar-refractivity contribution in [2.45, 2.75) is 39.2 Å². The fraction of sp³-hybridized carbons (Fsp3) is 0.318. The van der Waals surface area contributed by atoms with E-state index in [-0.39, 0.29) is 17.4 Å². The predicted octanol–water partition coefficient (Wildman–Crippen LogP) is 3.58. The van der Waals surface area contributed by atoms with Crippen molar-refractivity contribution in [3.63, 3.8) is 0 Å². The Morgan fingerprint density at radius 3 is 2.07 bits per heavy atom. The topological polar surface area (TPSA) is 75.3 Å². The molecule has 0 aromatic heterocycles. The van der Waals surface area contributed by atoms with Crippen LogP contribution in [0.4, 0.5) is 5.69 Å². The van der Waals surface area contributed by atoms with Crippen LogP contribution in [0, 0.1) is 11.8 Å². The van der Waals surface area contributed by atoms with Crippen molar-refractivity contribution in [3.8, 4) is 11.8 Å². The summed E-state index contributed by atoms with van der Waals surface area (Å²) < 4.78 is 24.9. The predicted molar refractivity (Wildman–Crippen MR) is 113 cm³/mol. The Morgan fingerprint density at radius 2 is 1.57 bits per heavy atom. The Labute approximate surface area is 167 Å². The molecule has 0 aliphatic carbocycles. The highest BCUT2D eigenvalue weighted by atomic mass is 32.2. The molecule has 0 bridgehead atoms. The van der Waals surface area contributed by atoms with Crippen molar-refractivity contribution in [1.82, 2.24) is 5.32 Å². The first-order chi connectivity index (χ1) is 12.9. The van der Waals surface area contributed by atoms with Crippen LogP contribution in [0.5, 0.6) is 0 Å². The van der Waals surface area contributed by atoms with Gasteiger partial charge in [-0.15, -0.1) is 0 Å². The maximum atomic E-state index is 12.1. The van der Waals surface area contributed by atoms with E-state index < -0.39 is 10.0 Å². The SMILES string of the molecule is C[C@@H](NC(=O)C#Cc1ccc(C(C)(C)C)cc1)c1ccc(NS(C)(=O)=O)cc1. The van der Waals surface area contributed by atoms with Crippen LogP contribution in [0.2, 0.25) is 0 Å². The van der Waals surface area contributed by atoms with Crippen LogP contribution in [0.25, 0.3) is 0 Å². The highest BCUT2D eigenvalue weighted by Crippen LogP contribution is 2.22. The Kier molecular flexibility index (Phi) is 6.52. The molecule has 0 spiro atoms. The molecule has 1 atom stereocenters. The van der Waals surface area contributed by atoms with Gasteiger partial charge in [-0.2, -0.15) is 0 Å². The van der Waals surface area contributed by atoms with E-state index in [0.717, 1.165) is 17.4 Å². The maximum Gasteiger partial charge on any atom is 0.296 e. The number of carbonyl (C=O) groups excluding carboxylic acids is 1. The number of hydrogen-bond donors (Lipinski definition) is 2. The van der Waals surface area contributed by atoms with Gasteiger partial charge in [-0.05, 0) is 47.7 Å². The van der Waals surface area contributed by atoms with Crippen LogP contribution in [0.3, 0.4) is 0 Å². The molecule has 6 heteroatoms. The highest BCUT2D eigenvalue weighted by molar-refractivity contribution is 7.92. The summed E-state index contributed by atoms with van der Waals surface area (Å²) in [7, 11) is -3.31. The third-order valence-corrected chi connectivity index (χ3v) is 4.74. The Balaban J connectivity index is 1.99. The Morgan fingerprint density at radius 1 is 1.00 bits per heavy atom. The van der Waals surface area contributed by atoms with Crippen molar-refractivity contribution in [2.24, 2.45) is 0 Å². The zero-order valence-corrected chi connectivity index (χ0v) is 17.6. The highest BCUT2D eigenvalue weighted by Gasteiger charge is 2.12. The third kappa shape index (κ3) is 6.75. The Bertz CT molecular complexity index is 991. The lowest BCUT2D eigenvalue weighted by atomic mass is 9.87. The zero-order chi connectivity index (χ0) is 20.9. The van der Waals surface area contributed by atoms with Crippen molar-refractivity contribution in [2.75, 3.05) is 11.0 Å². The first-order valence-corrected chi connectivity index (χ1v) is 10.8. The minimum absolute atomic E-state index is 0.0746. The van der Waals surface area contributed by atoms with Crippen LogP contribution in [0.1, 0.15) is 50.4 Å². The fourth-order valence-electron chi connectivity index (χ4n) is 2.55. The summed E-state index contributed by atoms with van der Waals surface area (Å²) in [5, 5.41) is 2.82. The molecule has 0 fully saturated rings. The van der Waals surface area contributed by atoms with Crippen LogP contribution < -0.4 is 10.0 Å². The number of anilines is 1. The summed E-state index contributed by atoms with van der Waals surface area (Å²) >= 11 is 0. The van der Waals surface area contributed by atoms with Gasteiger partial charge in [0.1, 0.15) is 0 Å². The minimum Gasteiger partial charge on any atom is -0.339 e. The van der Waals surface area contributed by atoms with Gasteiger partial charge in [0.15, 0.2) is 0 Å². The molecule has 0 saturated carbocycles. The average Bonchev–Trinajstić information content (AvgIpc) is 2.59. The summed E-state index contributed by atoms with van der Waals surface area (Å²) in [6, 6.07) is 14.5. The van der Waals surface area contributed by atoms with Crippen molar-refractivity contribution in [1.29, 1.82) is 0 Å². The molecular weight excluding hydrogens is 372 g/mol. The van der Waals surface area contributed by atoms with Gasteiger partial charge in [0.05, 0.1) is 12.3 Å². The average molecular weight is 399 g/mol. The van der Waals surface area contributed by atoms with Crippen LogP contribution >= 0.6 is 0 Å². The lowest BCUT2D eigenvalue weighted by Gasteiger charge is -2.18. The second-order valence-corrected chi connectivity index (χ2v) is 9.52. The maximum absolute atomic E-state index is 12.1. The van der Waals surface area contributed by atoms with E-state index in [2.05, 4.69) is 42.7 Å². The van der Waals surface area contributed by atoms with Crippen LogP contribution in [-0.2, 0) is 20.2 Å². The summed E-state index contributed by atoms with van der Waals surface area (Å²) in [6.07, 6.45) is 1.10. The van der Waals surface area contributed by atoms with Gasteiger partial charge in [-0.1, -0.05) is 51.0 Å². The van der Waals surface area contributed by atoms with Crippen molar-refractivity contribution >= 4 is 21.6 Å². The van der Waals surface area contributed by atoms with Gasteiger partial charge < -0.3 is 5.32 Å². The summed E-state index contributed by atoms with van der Waals surface area (Å²) in [5.41, 5.74) is 3.40. The molecule has 28 heavy (non-hydrogen) atoms. The van der Waals surface area contributed by atoms with Gasteiger partial charge >= 0.3 is 0 Å². The molecule has 5 nitrogen and oxygen atoms in total. The van der Waals surface area contributed by atoms with Crippen LogP contribution in [-0.4, -0.2) is 20.6 Å². The van der Waals surface area contributed by atoms with Gasteiger partial charge in [-0.3, -0.25) is 9.52 Å². The number of amides is 1. The normalized spacial score (nSPS) is 12.5. The molecule has 0 radical (unpaired) electrons. The lowest BCUT2D eigenvalue weighted by Crippen LogP contribution is -2.25.